The van der Waals surface area contributed by atoms with E-state index in [4.69, 9.17) is 0 Å². The summed E-state index contributed by atoms with van der Waals surface area (Å²) in [6.07, 6.45) is 51.2. The fourth-order valence-electron chi connectivity index (χ4n) is 15.3. The molecule has 0 aromatic carbocycles. The summed E-state index contributed by atoms with van der Waals surface area (Å²) in [6, 6.07) is -1.74. The third-order valence-corrected chi connectivity index (χ3v) is 28.5. The van der Waals surface area contributed by atoms with Gasteiger partial charge in [-0.2, -0.15) is 0 Å². The van der Waals surface area contributed by atoms with Crippen LogP contribution in [0.4, 0.5) is 0 Å². The van der Waals surface area contributed by atoms with Gasteiger partial charge in [0.05, 0.1) is 0 Å². The molecule has 3 unspecified atom stereocenters. The Labute approximate surface area is 639 Å². The quantitative estimate of drug-likeness (QED) is 0.0301. The minimum Gasteiger partial charge on any atom is -0.353 e. The standard InChI is InChI=1S/C81H153N7O6S6/c1-10-13-16-19-22-25-34-43-61-95-98-64-52-73(89)86(70-46-37-28-29-38-47-70)76(67(4)5)79(92)82-55-58-85(59-56-83-80(93)77(68(6)7)87(71-48-39-30-31-40-49-71)74(90)53-65-99-96-62-44-35-26-23-20-17-14-11-2)60-57-84-81(94)78(69(8)9)88(72-50-41-32-33-42-51-72)75(91)54-66-100-97-63-45-36-27-24-21-18-15-12-3/h67-72,76-78H,10-66H2,1-9H3,(H,82,92)(H,83,93)(H,84,94). The smallest absolute Gasteiger partial charge is 0.243 e. The van der Waals surface area contributed by atoms with Crippen molar-refractivity contribution in [1.29, 1.82) is 0 Å². The van der Waals surface area contributed by atoms with Gasteiger partial charge in [-0.15, -0.1) is 0 Å². The fourth-order valence-corrected chi connectivity index (χ4v) is 21.7. The van der Waals surface area contributed by atoms with E-state index in [1.165, 1.54) is 154 Å². The van der Waals surface area contributed by atoms with E-state index in [0.29, 0.717) is 58.5 Å². The van der Waals surface area contributed by atoms with Crippen LogP contribution in [0.1, 0.15) is 351 Å². The van der Waals surface area contributed by atoms with E-state index in [9.17, 15) is 28.8 Å². The second-order valence-corrected chi connectivity index (χ2v) is 38.8. The van der Waals surface area contributed by atoms with E-state index in [-0.39, 0.29) is 71.3 Å². The van der Waals surface area contributed by atoms with Crippen molar-refractivity contribution in [2.75, 3.05) is 73.8 Å². The van der Waals surface area contributed by atoms with Crippen LogP contribution in [-0.2, 0) is 28.8 Å². The van der Waals surface area contributed by atoms with Crippen LogP contribution in [0.2, 0.25) is 0 Å². The molecule has 100 heavy (non-hydrogen) atoms. The third kappa shape index (κ3) is 41.9. The molecule has 6 amide bonds. The Hall–Kier alpha value is -1.12. The lowest BCUT2D eigenvalue weighted by Crippen LogP contribution is -2.58. The average Bonchev–Trinajstić information content (AvgIpc) is 1.12. The molecule has 3 aliphatic rings. The number of rotatable bonds is 60. The summed E-state index contributed by atoms with van der Waals surface area (Å²) in [4.78, 5) is 96.8. The molecule has 13 nitrogen and oxygen atoms in total. The maximum absolute atomic E-state index is 14.9. The van der Waals surface area contributed by atoms with Gasteiger partial charge in [-0.1, -0.05) is 339 Å². The molecule has 0 saturated heterocycles. The van der Waals surface area contributed by atoms with Crippen LogP contribution in [0.25, 0.3) is 0 Å². The molecule has 0 aromatic rings. The number of nitrogens with one attached hydrogen (secondary N) is 3. The number of amides is 6. The zero-order valence-electron chi connectivity index (χ0n) is 65.7. The molecule has 3 saturated carbocycles. The first kappa shape index (κ1) is 93.1. The Kier molecular flexibility index (Phi) is 57.6. The van der Waals surface area contributed by atoms with Gasteiger partial charge >= 0.3 is 0 Å². The van der Waals surface area contributed by atoms with Crippen LogP contribution in [0.15, 0.2) is 0 Å². The predicted octanol–water partition coefficient (Wildman–Crippen LogP) is 21.1. The van der Waals surface area contributed by atoms with Crippen LogP contribution < -0.4 is 16.0 Å². The van der Waals surface area contributed by atoms with Crippen LogP contribution >= 0.6 is 64.8 Å². The summed E-state index contributed by atoms with van der Waals surface area (Å²) in [6.45, 7) is 21.6. The molecule has 0 aliphatic heterocycles. The topological polar surface area (TPSA) is 151 Å². The lowest BCUT2D eigenvalue weighted by molar-refractivity contribution is -0.145. The number of carbonyl (C=O) groups excluding carboxylic acids is 6. The van der Waals surface area contributed by atoms with Crippen molar-refractivity contribution in [1.82, 2.24) is 35.6 Å². The van der Waals surface area contributed by atoms with E-state index in [1.807, 2.05) is 47.1 Å². The monoisotopic (exact) mass is 1510 g/mol. The maximum Gasteiger partial charge on any atom is 0.243 e. The molecule has 0 spiro atoms. The molecule has 584 valence electrons. The van der Waals surface area contributed by atoms with Gasteiger partial charge in [-0.3, -0.25) is 33.7 Å². The second-order valence-electron chi connectivity index (χ2n) is 30.7. The first-order chi connectivity index (χ1) is 48.7. The lowest BCUT2D eigenvalue weighted by Gasteiger charge is -2.40. The van der Waals surface area contributed by atoms with Gasteiger partial charge in [0.2, 0.25) is 35.4 Å². The summed E-state index contributed by atoms with van der Waals surface area (Å²) in [7, 11) is 11.1. The van der Waals surface area contributed by atoms with Crippen molar-refractivity contribution >= 4 is 100 Å². The number of hydrogen-bond acceptors (Lipinski definition) is 13. The number of carbonyl (C=O) groups is 6. The highest BCUT2D eigenvalue weighted by Crippen LogP contribution is 2.34. The largest absolute Gasteiger partial charge is 0.353 e. The highest BCUT2D eigenvalue weighted by molar-refractivity contribution is 8.77. The van der Waals surface area contributed by atoms with Gasteiger partial charge in [0, 0.05) is 111 Å². The van der Waals surface area contributed by atoms with Crippen LogP contribution in [0, 0.1) is 17.8 Å². The van der Waals surface area contributed by atoms with E-state index in [2.05, 4.69) is 83.2 Å². The zero-order valence-corrected chi connectivity index (χ0v) is 70.6. The highest BCUT2D eigenvalue weighted by atomic mass is 33.1. The molecule has 3 atom stereocenters. The van der Waals surface area contributed by atoms with Crippen molar-refractivity contribution in [2.45, 2.75) is 388 Å². The first-order valence-electron chi connectivity index (χ1n) is 41.9. The van der Waals surface area contributed by atoms with Gasteiger partial charge in [0.25, 0.3) is 0 Å². The van der Waals surface area contributed by atoms with Crippen LogP contribution in [0.3, 0.4) is 0 Å². The highest BCUT2D eigenvalue weighted by Gasteiger charge is 2.40. The van der Waals surface area contributed by atoms with Crippen molar-refractivity contribution in [2.24, 2.45) is 17.8 Å². The zero-order chi connectivity index (χ0) is 72.6. The summed E-state index contributed by atoms with van der Waals surface area (Å²) < 4.78 is 0. The predicted molar refractivity (Wildman–Crippen MR) is 443 cm³/mol. The van der Waals surface area contributed by atoms with E-state index in [1.54, 1.807) is 32.4 Å². The van der Waals surface area contributed by atoms with Crippen molar-refractivity contribution < 1.29 is 28.8 Å². The molecule has 19 heteroatoms. The Bertz CT molecular complexity index is 1840. The summed E-state index contributed by atoms with van der Waals surface area (Å²) >= 11 is 0. The van der Waals surface area contributed by atoms with Gasteiger partial charge < -0.3 is 30.7 Å². The average molecular weight is 1510 g/mol. The third-order valence-electron chi connectivity index (χ3n) is 21.0. The maximum atomic E-state index is 14.9. The van der Waals surface area contributed by atoms with E-state index in [0.717, 1.165) is 150 Å². The van der Waals surface area contributed by atoms with Gasteiger partial charge in [-0.05, 0) is 75.5 Å². The Morgan fingerprint density at radius 1 is 0.300 bits per heavy atom. The summed E-state index contributed by atoms with van der Waals surface area (Å²) in [5, 5.41) is 10.0. The Morgan fingerprint density at radius 3 is 0.730 bits per heavy atom. The minimum absolute atomic E-state index is 0.0262. The fraction of sp³-hybridized carbons (Fsp3) is 0.926. The van der Waals surface area contributed by atoms with Gasteiger partial charge in [0.1, 0.15) is 18.1 Å². The molecule has 3 rings (SSSR count). The number of unbranched alkanes of at least 4 members (excludes halogenated alkanes) is 21. The molecule has 0 aromatic heterocycles. The Morgan fingerprint density at radius 2 is 0.510 bits per heavy atom. The van der Waals surface area contributed by atoms with Gasteiger partial charge in [0.15, 0.2) is 0 Å². The molecular formula is C81H153N7O6S6. The normalized spacial score (nSPS) is 16.3. The van der Waals surface area contributed by atoms with Crippen molar-refractivity contribution in [3.05, 3.63) is 0 Å². The molecule has 0 heterocycles. The minimum atomic E-state index is -0.606. The molecule has 0 bridgehead atoms. The van der Waals surface area contributed by atoms with Crippen LogP contribution in [0.5, 0.6) is 0 Å². The first-order valence-corrected chi connectivity index (χ1v) is 49.4. The SMILES string of the molecule is CCCCCCCCCCSSCCC(=O)N(C1CCCCCC1)C(C(=O)NCCN(CCNC(=O)C(C(C)C)N(C(=O)CCSSCCCCCCCCCC)C1CCCCCC1)CCNC(=O)C(C(C)C)N(C(=O)CCSSCCCCCCCCCC)C1CCCCCC1)C(C)C. The van der Waals surface area contributed by atoms with Gasteiger partial charge in [-0.25, -0.2) is 0 Å². The summed E-state index contributed by atoms with van der Waals surface area (Å²) in [5.41, 5.74) is 0. The van der Waals surface area contributed by atoms with E-state index < -0.39 is 18.1 Å². The van der Waals surface area contributed by atoms with Crippen molar-refractivity contribution in [3.63, 3.8) is 0 Å². The van der Waals surface area contributed by atoms with Crippen LogP contribution in [-0.4, -0.2) is 165 Å². The second kappa shape index (κ2) is 61.8. The molecule has 0 radical (unpaired) electrons. The Balaban J connectivity index is 1.82. The van der Waals surface area contributed by atoms with E-state index >= 15 is 0 Å². The summed E-state index contributed by atoms with van der Waals surface area (Å²) in [5.74, 6) is 5.05. The molecule has 3 fully saturated rings. The molecule has 3 aliphatic carbocycles. The number of hydrogen-bond donors (Lipinski definition) is 3. The number of nitrogens with zero attached hydrogens (tertiary/aromatic N) is 4. The van der Waals surface area contributed by atoms with Crippen molar-refractivity contribution in [3.8, 4) is 0 Å². The molecule has 3 N–H and O–H groups in total. The molecular weight excluding hydrogens is 1360 g/mol. The lowest BCUT2D eigenvalue weighted by atomic mass is 9.96.